The number of benzene rings is 2. The first-order valence-electron chi connectivity index (χ1n) is 7.98. The number of hydrogen-bond acceptors (Lipinski definition) is 3. The molecule has 2 rings (SSSR count). The number of halogens is 1. The number of nitrogens with one attached hydrogen (secondary N) is 2. The van der Waals surface area contributed by atoms with Crippen LogP contribution in [-0.4, -0.2) is 26.1 Å². The van der Waals surface area contributed by atoms with Crippen molar-refractivity contribution in [1.82, 2.24) is 5.32 Å². The Balaban J connectivity index is 1.64. The largest absolute Gasteiger partial charge is 0.497 e. The van der Waals surface area contributed by atoms with Crippen molar-refractivity contribution >= 4 is 27.5 Å². The summed E-state index contributed by atoms with van der Waals surface area (Å²) in [5.74, 6) is 0.905. The fraction of sp³-hybridized carbons (Fsp3) is 0.316. The Morgan fingerprint density at radius 1 is 1.12 bits per heavy atom. The number of carbonyl (C=O) groups is 1. The van der Waals surface area contributed by atoms with E-state index in [1.165, 1.54) is 11.1 Å². The van der Waals surface area contributed by atoms with Gasteiger partial charge >= 0.3 is 0 Å². The predicted molar refractivity (Wildman–Crippen MR) is 102 cm³/mol. The number of amides is 1. The van der Waals surface area contributed by atoms with Crippen molar-refractivity contribution in [3.63, 3.8) is 0 Å². The Morgan fingerprint density at radius 2 is 1.88 bits per heavy atom. The second kappa shape index (κ2) is 9.33. The van der Waals surface area contributed by atoms with E-state index in [2.05, 4.69) is 32.6 Å². The lowest BCUT2D eigenvalue weighted by molar-refractivity contribution is -0.120. The molecule has 0 fully saturated rings. The van der Waals surface area contributed by atoms with E-state index < -0.39 is 0 Å². The summed E-state index contributed by atoms with van der Waals surface area (Å²) in [4.78, 5) is 11.9. The molecular formula is C19H23BrN2O2. The summed E-state index contributed by atoms with van der Waals surface area (Å²) < 4.78 is 6.21. The zero-order valence-electron chi connectivity index (χ0n) is 14.1. The summed E-state index contributed by atoms with van der Waals surface area (Å²) in [5, 5.41) is 6.22. The molecule has 0 aliphatic rings. The summed E-state index contributed by atoms with van der Waals surface area (Å²) in [6, 6.07) is 14.0. The van der Waals surface area contributed by atoms with Crippen LogP contribution in [0.2, 0.25) is 0 Å². The van der Waals surface area contributed by atoms with Gasteiger partial charge in [-0.3, -0.25) is 4.79 Å². The molecule has 0 aliphatic heterocycles. The molecule has 0 aliphatic carbocycles. The van der Waals surface area contributed by atoms with Crippen molar-refractivity contribution in [3.05, 3.63) is 58.1 Å². The normalized spacial score (nSPS) is 10.3. The molecule has 5 heteroatoms. The molecular weight excluding hydrogens is 368 g/mol. The van der Waals surface area contributed by atoms with Crippen LogP contribution in [0.1, 0.15) is 17.5 Å². The van der Waals surface area contributed by atoms with Gasteiger partial charge in [-0.1, -0.05) is 28.1 Å². The highest BCUT2D eigenvalue weighted by atomic mass is 79.9. The Labute approximate surface area is 151 Å². The fourth-order valence-corrected chi connectivity index (χ4v) is 2.55. The molecule has 0 aromatic heterocycles. The van der Waals surface area contributed by atoms with E-state index in [0.717, 1.165) is 22.3 Å². The molecule has 1 amide bonds. The van der Waals surface area contributed by atoms with Crippen molar-refractivity contribution in [3.8, 4) is 5.75 Å². The number of aryl methyl sites for hydroxylation is 1. The summed E-state index contributed by atoms with van der Waals surface area (Å²) in [5.41, 5.74) is 3.38. The standard InChI is InChI=1S/C19H23BrN2O2/c1-14-13-16(5-8-18(14)20)21-12-10-19(23)22-11-9-15-3-6-17(24-2)7-4-15/h3-8,13,21H,9-12H2,1-2H3,(H,22,23). The van der Waals surface area contributed by atoms with Crippen LogP contribution in [0.4, 0.5) is 5.69 Å². The van der Waals surface area contributed by atoms with Crippen LogP contribution in [0.3, 0.4) is 0 Å². The Hall–Kier alpha value is -2.01. The van der Waals surface area contributed by atoms with Crippen LogP contribution in [0, 0.1) is 6.92 Å². The lowest BCUT2D eigenvalue weighted by Gasteiger charge is -2.09. The van der Waals surface area contributed by atoms with Gasteiger partial charge in [0.2, 0.25) is 5.91 Å². The van der Waals surface area contributed by atoms with Gasteiger partial charge in [-0.2, -0.15) is 0 Å². The van der Waals surface area contributed by atoms with Crippen molar-refractivity contribution < 1.29 is 9.53 Å². The van der Waals surface area contributed by atoms with E-state index in [4.69, 9.17) is 4.74 Å². The van der Waals surface area contributed by atoms with Gasteiger partial charge in [0.15, 0.2) is 0 Å². The van der Waals surface area contributed by atoms with E-state index in [-0.39, 0.29) is 5.91 Å². The molecule has 2 aromatic carbocycles. The number of hydrogen-bond donors (Lipinski definition) is 2. The third-order valence-corrected chi connectivity index (χ3v) is 4.62. The molecule has 128 valence electrons. The third-order valence-electron chi connectivity index (χ3n) is 3.73. The average Bonchev–Trinajstić information content (AvgIpc) is 2.59. The van der Waals surface area contributed by atoms with Crippen LogP contribution in [0.15, 0.2) is 46.9 Å². The van der Waals surface area contributed by atoms with Crippen LogP contribution < -0.4 is 15.4 Å². The predicted octanol–water partition coefficient (Wildman–Crippen LogP) is 3.93. The minimum absolute atomic E-state index is 0.0600. The van der Waals surface area contributed by atoms with Crippen LogP contribution in [-0.2, 0) is 11.2 Å². The number of anilines is 1. The van der Waals surface area contributed by atoms with E-state index in [9.17, 15) is 4.79 Å². The van der Waals surface area contributed by atoms with Gasteiger partial charge in [0.1, 0.15) is 5.75 Å². The molecule has 0 saturated carbocycles. The summed E-state index contributed by atoms with van der Waals surface area (Å²) in [7, 11) is 1.65. The van der Waals surface area contributed by atoms with E-state index in [1.807, 2.05) is 43.3 Å². The summed E-state index contributed by atoms with van der Waals surface area (Å²) in [6.07, 6.45) is 1.27. The van der Waals surface area contributed by atoms with Gasteiger partial charge < -0.3 is 15.4 Å². The Kier molecular flexibility index (Phi) is 7.12. The highest BCUT2D eigenvalue weighted by molar-refractivity contribution is 9.10. The minimum Gasteiger partial charge on any atom is -0.497 e. The number of methoxy groups -OCH3 is 1. The zero-order chi connectivity index (χ0) is 17.4. The Bertz CT molecular complexity index is 672. The van der Waals surface area contributed by atoms with Gasteiger partial charge in [0.05, 0.1) is 7.11 Å². The molecule has 2 aromatic rings. The monoisotopic (exact) mass is 390 g/mol. The molecule has 0 heterocycles. The first-order valence-corrected chi connectivity index (χ1v) is 8.77. The third kappa shape index (κ3) is 5.89. The fourth-order valence-electron chi connectivity index (χ4n) is 2.30. The highest BCUT2D eigenvalue weighted by Gasteiger charge is 2.02. The molecule has 0 unspecified atom stereocenters. The van der Waals surface area contributed by atoms with Crippen molar-refractivity contribution in [2.45, 2.75) is 19.8 Å². The van der Waals surface area contributed by atoms with Gasteiger partial charge in [-0.15, -0.1) is 0 Å². The first kappa shape index (κ1) is 18.3. The zero-order valence-corrected chi connectivity index (χ0v) is 15.7. The van der Waals surface area contributed by atoms with Crippen LogP contribution >= 0.6 is 15.9 Å². The van der Waals surface area contributed by atoms with Crippen molar-refractivity contribution in [1.29, 1.82) is 0 Å². The van der Waals surface area contributed by atoms with E-state index in [1.54, 1.807) is 7.11 Å². The maximum atomic E-state index is 11.9. The number of rotatable bonds is 8. The van der Waals surface area contributed by atoms with Gasteiger partial charge in [0, 0.05) is 29.7 Å². The minimum atomic E-state index is 0.0600. The van der Waals surface area contributed by atoms with Gasteiger partial charge in [0.25, 0.3) is 0 Å². The van der Waals surface area contributed by atoms with Crippen LogP contribution in [0.25, 0.3) is 0 Å². The smallest absolute Gasteiger partial charge is 0.221 e. The molecule has 0 radical (unpaired) electrons. The Morgan fingerprint density at radius 3 is 2.54 bits per heavy atom. The maximum Gasteiger partial charge on any atom is 0.221 e. The van der Waals surface area contributed by atoms with E-state index in [0.29, 0.717) is 19.5 Å². The van der Waals surface area contributed by atoms with Crippen LogP contribution in [0.5, 0.6) is 5.75 Å². The molecule has 24 heavy (non-hydrogen) atoms. The molecule has 0 bridgehead atoms. The number of ether oxygens (including phenoxy) is 1. The molecule has 2 N–H and O–H groups in total. The lowest BCUT2D eigenvalue weighted by atomic mass is 10.1. The quantitative estimate of drug-likeness (QED) is 0.717. The summed E-state index contributed by atoms with van der Waals surface area (Å²) in [6.45, 7) is 3.30. The molecule has 0 spiro atoms. The highest BCUT2D eigenvalue weighted by Crippen LogP contribution is 2.19. The van der Waals surface area contributed by atoms with E-state index >= 15 is 0 Å². The number of carbonyl (C=O) groups excluding carboxylic acids is 1. The second-order valence-corrected chi connectivity index (χ2v) is 6.44. The molecule has 0 saturated heterocycles. The average molecular weight is 391 g/mol. The molecule has 0 atom stereocenters. The lowest BCUT2D eigenvalue weighted by Crippen LogP contribution is -2.27. The van der Waals surface area contributed by atoms with Crippen molar-refractivity contribution in [2.24, 2.45) is 0 Å². The van der Waals surface area contributed by atoms with Crippen molar-refractivity contribution in [2.75, 3.05) is 25.5 Å². The SMILES string of the molecule is COc1ccc(CCNC(=O)CCNc2ccc(Br)c(C)c2)cc1. The maximum absolute atomic E-state index is 11.9. The van der Waals surface area contributed by atoms with Gasteiger partial charge in [-0.25, -0.2) is 0 Å². The topological polar surface area (TPSA) is 50.4 Å². The first-order chi connectivity index (χ1) is 11.6. The molecule has 4 nitrogen and oxygen atoms in total. The summed E-state index contributed by atoms with van der Waals surface area (Å²) >= 11 is 3.48. The van der Waals surface area contributed by atoms with Gasteiger partial charge in [-0.05, 0) is 54.8 Å². The second-order valence-electron chi connectivity index (χ2n) is 5.59.